The molecule has 0 aliphatic carbocycles. The van der Waals surface area contributed by atoms with Gasteiger partial charge in [0.25, 0.3) is 0 Å². The van der Waals surface area contributed by atoms with E-state index in [0.717, 1.165) is 11.6 Å². The van der Waals surface area contributed by atoms with Crippen molar-refractivity contribution in [2.24, 2.45) is 5.41 Å². The van der Waals surface area contributed by atoms with Crippen LogP contribution in [-0.4, -0.2) is 17.0 Å². The molecule has 0 fully saturated rings. The fourth-order valence-corrected chi connectivity index (χ4v) is 1.21. The molecule has 0 spiro atoms. The van der Waals surface area contributed by atoms with Crippen LogP contribution in [0.15, 0.2) is 30.3 Å². The number of carbonyl (C=O) groups is 2. The minimum Gasteiger partial charge on any atom is -0.478 e. The predicted molar refractivity (Wildman–Crippen MR) is 71.2 cm³/mol. The van der Waals surface area contributed by atoms with Gasteiger partial charge in [-0.2, -0.15) is 0 Å². The number of carboxylic acids is 1. The third-order valence-electron chi connectivity index (χ3n) is 2.24. The highest BCUT2D eigenvalue weighted by Crippen LogP contribution is 2.18. The average Bonchev–Trinajstić information content (AvgIpc) is 2.25. The summed E-state index contributed by atoms with van der Waals surface area (Å²) in [5.74, 6) is -1.08. The number of rotatable bonds is 3. The number of benzene rings is 1. The SMILES string of the molecule is CC(C)(C)C(=O)Nc1cccc(C=CC(=O)O)c1. The number of carbonyl (C=O) groups excluding carboxylic acids is 1. The summed E-state index contributed by atoms with van der Waals surface area (Å²) in [6.45, 7) is 5.49. The van der Waals surface area contributed by atoms with Crippen molar-refractivity contribution in [2.75, 3.05) is 5.32 Å². The zero-order valence-electron chi connectivity index (χ0n) is 10.7. The second kappa shape index (κ2) is 5.49. The van der Waals surface area contributed by atoms with Gasteiger partial charge in [-0.05, 0) is 23.8 Å². The lowest BCUT2D eigenvalue weighted by atomic mass is 9.95. The molecule has 96 valence electrons. The molecule has 0 aromatic heterocycles. The monoisotopic (exact) mass is 247 g/mol. The van der Waals surface area contributed by atoms with E-state index in [1.165, 1.54) is 6.08 Å². The molecule has 0 bridgehead atoms. The molecule has 1 aromatic carbocycles. The van der Waals surface area contributed by atoms with Crippen molar-refractivity contribution in [3.8, 4) is 0 Å². The zero-order chi connectivity index (χ0) is 13.8. The molecule has 0 heterocycles. The first-order chi connectivity index (χ1) is 8.29. The lowest BCUT2D eigenvalue weighted by Gasteiger charge is -2.17. The van der Waals surface area contributed by atoms with E-state index in [4.69, 9.17) is 5.11 Å². The Labute approximate surface area is 106 Å². The van der Waals surface area contributed by atoms with E-state index >= 15 is 0 Å². The molecule has 0 aliphatic heterocycles. The average molecular weight is 247 g/mol. The standard InChI is InChI=1S/C14H17NO3/c1-14(2,3)13(18)15-11-6-4-5-10(9-11)7-8-12(16)17/h4-9H,1-3H3,(H,15,18)(H,16,17). The Morgan fingerprint density at radius 2 is 1.94 bits per heavy atom. The van der Waals surface area contributed by atoms with E-state index in [2.05, 4.69) is 5.32 Å². The predicted octanol–water partition coefficient (Wildman–Crippen LogP) is 2.77. The Hall–Kier alpha value is -2.10. The number of anilines is 1. The first-order valence-corrected chi connectivity index (χ1v) is 5.61. The van der Waals surface area contributed by atoms with Gasteiger partial charge >= 0.3 is 5.97 Å². The summed E-state index contributed by atoms with van der Waals surface area (Å²) >= 11 is 0. The van der Waals surface area contributed by atoms with Gasteiger partial charge in [0, 0.05) is 17.2 Å². The highest BCUT2D eigenvalue weighted by molar-refractivity contribution is 5.94. The van der Waals surface area contributed by atoms with Crippen molar-refractivity contribution in [1.82, 2.24) is 0 Å². The Kier molecular flexibility index (Phi) is 4.26. The van der Waals surface area contributed by atoms with Crippen LogP contribution in [0.5, 0.6) is 0 Å². The molecule has 0 unspecified atom stereocenters. The molecular weight excluding hydrogens is 230 g/mol. The largest absolute Gasteiger partial charge is 0.478 e. The van der Waals surface area contributed by atoms with E-state index in [-0.39, 0.29) is 5.91 Å². The zero-order valence-corrected chi connectivity index (χ0v) is 10.7. The second-order valence-electron chi connectivity index (χ2n) is 5.00. The minimum absolute atomic E-state index is 0.0816. The summed E-state index contributed by atoms with van der Waals surface area (Å²) in [4.78, 5) is 22.2. The van der Waals surface area contributed by atoms with Crippen LogP contribution in [0.1, 0.15) is 26.3 Å². The fraction of sp³-hybridized carbons (Fsp3) is 0.286. The van der Waals surface area contributed by atoms with Crippen molar-refractivity contribution in [3.63, 3.8) is 0 Å². The molecule has 0 atom stereocenters. The van der Waals surface area contributed by atoms with Crippen molar-refractivity contribution >= 4 is 23.6 Å². The summed E-state index contributed by atoms with van der Waals surface area (Å²) < 4.78 is 0. The molecule has 18 heavy (non-hydrogen) atoms. The molecule has 0 saturated carbocycles. The maximum Gasteiger partial charge on any atom is 0.328 e. The first-order valence-electron chi connectivity index (χ1n) is 5.61. The normalized spacial score (nSPS) is 11.5. The topological polar surface area (TPSA) is 66.4 Å². The van der Waals surface area contributed by atoms with Gasteiger partial charge in [-0.15, -0.1) is 0 Å². The number of carboxylic acid groups (broad SMARTS) is 1. The fourth-order valence-electron chi connectivity index (χ4n) is 1.21. The second-order valence-corrected chi connectivity index (χ2v) is 5.00. The smallest absolute Gasteiger partial charge is 0.328 e. The lowest BCUT2D eigenvalue weighted by molar-refractivity contribution is -0.131. The Balaban J connectivity index is 2.83. The summed E-state index contributed by atoms with van der Waals surface area (Å²) in [5.41, 5.74) is 0.916. The summed E-state index contributed by atoms with van der Waals surface area (Å²) in [6, 6.07) is 7.02. The van der Waals surface area contributed by atoms with Gasteiger partial charge in [0.2, 0.25) is 5.91 Å². The molecular formula is C14H17NO3. The van der Waals surface area contributed by atoms with Crippen LogP contribution in [0.4, 0.5) is 5.69 Å². The first kappa shape index (κ1) is 14.0. The third-order valence-corrected chi connectivity index (χ3v) is 2.24. The van der Waals surface area contributed by atoms with Crippen molar-refractivity contribution in [2.45, 2.75) is 20.8 Å². The van der Waals surface area contributed by atoms with Gasteiger partial charge in [0.05, 0.1) is 0 Å². The van der Waals surface area contributed by atoms with Crippen molar-refractivity contribution < 1.29 is 14.7 Å². The quantitative estimate of drug-likeness (QED) is 0.807. The number of nitrogens with one attached hydrogen (secondary N) is 1. The highest BCUT2D eigenvalue weighted by atomic mass is 16.4. The Morgan fingerprint density at radius 3 is 2.50 bits per heavy atom. The van der Waals surface area contributed by atoms with Gasteiger partial charge < -0.3 is 10.4 Å². The van der Waals surface area contributed by atoms with Crippen LogP contribution < -0.4 is 5.32 Å². The summed E-state index contributed by atoms with van der Waals surface area (Å²) in [7, 11) is 0. The van der Waals surface area contributed by atoms with Crippen LogP contribution in [0, 0.1) is 5.41 Å². The van der Waals surface area contributed by atoms with Crippen molar-refractivity contribution in [1.29, 1.82) is 0 Å². The number of aliphatic carboxylic acids is 1. The Bertz CT molecular complexity index is 484. The Morgan fingerprint density at radius 1 is 1.28 bits per heavy atom. The maximum absolute atomic E-state index is 11.8. The summed E-state index contributed by atoms with van der Waals surface area (Å²) in [6.07, 6.45) is 2.54. The minimum atomic E-state index is -1.00. The molecule has 4 heteroatoms. The van der Waals surface area contributed by atoms with Gasteiger partial charge in [-0.1, -0.05) is 32.9 Å². The van der Waals surface area contributed by atoms with Crippen LogP contribution in [0.2, 0.25) is 0 Å². The molecule has 0 saturated heterocycles. The molecule has 0 aliphatic rings. The van der Waals surface area contributed by atoms with E-state index in [1.807, 2.05) is 20.8 Å². The molecule has 0 radical (unpaired) electrons. The van der Waals surface area contributed by atoms with Crippen LogP contribution in [-0.2, 0) is 9.59 Å². The van der Waals surface area contributed by atoms with E-state index < -0.39 is 11.4 Å². The van der Waals surface area contributed by atoms with Crippen LogP contribution in [0.25, 0.3) is 6.08 Å². The molecule has 1 aromatic rings. The van der Waals surface area contributed by atoms with E-state index in [9.17, 15) is 9.59 Å². The summed E-state index contributed by atoms with van der Waals surface area (Å²) in [5, 5.41) is 11.3. The van der Waals surface area contributed by atoms with Gasteiger partial charge in [0.1, 0.15) is 0 Å². The molecule has 1 amide bonds. The van der Waals surface area contributed by atoms with Crippen LogP contribution in [0.3, 0.4) is 0 Å². The van der Waals surface area contributed by atoms with Crippen LogP contribution >= 0.6 is 0 Å². The number of hydrogen-bond donors (Lipinski definition) is 2. The molecule has 2 N–H and O–H groups in total. The third kappa shape index (κ3) is 4.41. The van der Waals surface area contributed by atoms with Gasteiger partial charge in [-0.25, -0.2) is 4.79 Å². The van der Waals surface area contributed by atoms with Gasteiger partial charge in [-0.3, -0.25) is 4.79 Å². The van der Waals surface area contributed by atoms with E-state index in [0.29, 0.717) is 5.69 Å². The lowest BCUT2D eigenvalue weighted by Crippen LogP contribution is -2.27. The highest BCUT2D eigenvalue weighted by Gasteiger charge is 2.20. The number of amides is 1. The molecule has 1 rings (SSSR count). The number of hydrogen-bond acceptors (Lipinski definition) is 2. The van der Waals surface area contributed by atoms with E-state index in [1.54, 1.807) is 24.3 Å². The molecule has 4 nitrogen and oxygen atoms in total. The van der Waals surface area contributed by atoms with Crippen molar-refractivity contribution in [3.05, 3.63) is 35.9 Å². The van der Waals surface area contributed by atoms with Gasteiger partial charge in [0.15, 0.2) is 0 Å². The maximum atomic E-state index is 11.8.